The first-order valence-electron chi connectivity index (χ1n) is 8.81. The van der Waals surface area contributed by atoms with Crippen molar-refractivity contribution in [1.29, 1.82) is 0 Å². The summed E-state index contributed by atoms with van der Waals surface area (Å²) in [4.78, 5) is 46.6. The minimum atomic E-state index is -1.13. The van der Waals surface area contributed by atoms with Crippen LogP contribution in [-0.4, -0.2) is 43.4 Å². The minimum Gasteiger partial charge on any atom is -0.454 e. The number of hydrogen-bond acceptors (Lipinski definition) is 5. The monoisotopic (exact) mass is 419 g/mol. The Hall–Kier alpha value is -3.82. The van der Waals surface area contributed by atoms with Gasteiger partial charge in [-0.2, -0.15) is 0 Å². The van der Waals surface area contributed by atoms with Gasteiger partial charge in [-0.25, -0.2) is 8.78 Å². The smallest absolute Gasteiger partial charge is 0.325 e. The zero-order valence-electron chi connectivity index (χ0n) is 15.7. The first kappa shape index (κ1) is 22.5. The third-order valence-corrected chi connectivity index (χ3v) is 3.65. The van der Waals surface area contributed by atoms with Crippen LogP contribution in [0.2, 0.25) is 0 Å². The van der Waals surface area contributed by atoms with Crippen molar-refractivity contribution in [3.8, 4) is 0 Å². The summed E-state index contributed by atoms with van der Waals surface area (Å²) >= 11 is 0. The third-order valence-electron chi connectivity index (χ3n) is 3.65. The number of ether oxygens (including phenoxy) is 1. The average Bonchev–Trinajstić information content (AvgIpc) is 2.72. The van der Waals surface area contributed by atoms with Gasteiger partial charge in [0.2, 0.25) is 11.8 Å². The van der Waals surface area contributed by atoms with Crippen LogP contribution in [0.25, 0.3) is 0 Å². The first-order valence-corrected chi connectivity index (χ1v) is 8.81. The van der Waals surface area contributed by atoms with Gasteiger partial charge < -0.3 is 20.7 Å². The SMILES string of the molecule is O=C(COC(=O)CNC(=O)Cc1ccccc1)NCC(=O)Nc1ccc(F)c(F)c1. The van der Waals surface area contributed by atoms with E-state index in [9.17, 15) is 28.0 Å². The summed E-state index contributed by atoms with van der Waals surface area (Å²) < 4.78 is 30.6. The Morgan fingerprint density at radius 1 is 0.800 bits per heavy atom. The summed E-state index contributed by atoms with van der Waals surface area (Å²) in [6, 6.07) is 11.7. The van der Waals surface area contributed by atoms with Gasteiger partial charge in [-0.15, -0.1) is 0 Å². The van der Waals surface area contributed by atoms with Gasteiger partial charge in [0.05, 0.1) is 13.0 Å². The van der Waals surface area contributed by atoms with Crippen molar-refractivity contribution in [2.45, 2.75) is 6.42 Å². The van der Waals surface area contributed by atoms with Crippen LogP contribution in [-0.2, 0) is 30.3 Å². The molecule has 0 aliphatic carbocycles. The Morgan fingerprint density at radius 2 is 1.50 bits per heavy atom. The Balaban J connectivity index is 1.61. The fraction of sp³-hybridized carbons (Fsp3) is 0.200. The Labute approximate surface area is 170 Å². The zero-order valence-corrected chi connectivity index (χ0v) is 15.7. The molecule has 10 heteroatoms. The summed E-state index contributed by atoms with van der Waals surface area (Å²) in [6.45, 7) is -1.52. The molecule has 0 saturated heterocycles. The van der Waals surface area contributed by atoms with E-state index in [1.165, 1.54) is 0 Å². The van der Waals surface area contributed by atoms with Crippen molar-refractivity contribution in [2.24, 2.45) is 0 Å². The highest BCUT2D eigenvalue weighted by Gasteiger charge is 2.12. The van der Waals surface area contributed by atoms with E-state index in [1.54, 1.807) is 24.3 Å². The second-order valence-electron chi connectivity index (χ2n) is 6.05. The molecule has 0 unspecified atom stereocenters. The molecule has 0 heterocycles. The minimum absolute atomic E-state index is 0.0193. The van der Waals surface area contributed by atoms with Crippen LogP contribution in [0.1, 0.15) is 5.56 Å². The Morgan fingerprint density at radius 3 is 2.20 bits per heavy atom. The number of amides is 3. The van der Waals surface area contributed by atoms with Crippen LogP contribution < -0.4 is 16.0 Å². The zero-order chi connectivity index (χ0) is 21.9. The van der Waals surface area contributed by atoms with E-state index in [1.807, 2.05) is 6.07 Å². The van der Waals surface area contributed by atoms with Crippen LogP contribution in [0.5, 0.6) is 0 Å². The van der Waals surface area contributed by atoms with Crippen LogP contribution in [0.3, 0.4) is 0 Å². The number of esters is 1. The second kappa shape index (κ2) is 11.2. The number of rotatable bonds is 9. The molecule has 0 aromatic heterocycles. The van der Waals surface area contributed by atoms with Crippen molar-refractivity contribution < 1.29 is 32.7 Å². The number of nitrogens with one attached hydrogen (secondary N) is 3. The molecule has 0 atom stereocenters. The van der Waals surface area contributed by atoms with Gasteiger partial charge in [0.1, 0.15) is 6.54 Å². The summed E-state index contributed by atoms with van der Waals surface area (Å²) in [5.74, 6) is -4.82. The second-order valence-corrected chi connectivity index (χ2v) is 6.05. The van der Waals surface area contributed by atoms with Crippen LogP contribution in [0, 0.1) is 11.6 Å². The number of hydrogen-bond donors (Lipinski definition) is 3. The van der Waals surface area contributed by atoms with Crippen molar-refractivity contribution in [3.63, 3.8) is 0 Å². The Bertz CT molecular complexity index is 922. The van der Waals surface area contributed by atoms with Gasteiger partial charge in [0.15, 0.2) is 18.2 Å². The standard InChI is InChI=1S/C20H19F2N3O5/c21-15-7-6-14(9-16(15)22)25-18(27)10-23-19(28)12-30-20(29)11-24-17(26)8-13-4-2-1-3-5-13/h1-7,9H,8,10-12H2,(H,23,28)(H,24,26)(H,25,27). The van der Waals surface area contributed by atoms with Crippen LogP contribution in [0.15, 0.2) is 48.5 Å². The molecular weight excluding hydrogens is 400 g/mol. The fourth-order valence-corrected chi connectivity index (χ4v) is 2.22. The molecule has 8 nitrogen and oxygen atoms in total. The van der Waals surface area contributed by atoms with Gasteiger partial charge in [0.25, 0.3) is 5.91 Å². The van der Waals surface area contributed by atoms with E-state index >= 15 is 0 Å². The predicted molar refractivity (Wildman–Crippen MR) is 102 cm³/mol. The lowest BCUT2D eigenvalue weighted by atomic mass is 10.1. The van der Waals surface area contributed by atoms with Crippen molar-refractivity contribution in [1.82, 2.24) is 10.6 Å². The van der Waals surface area contributed by atoms with Crippen molar-refractivity contribution in [2.75, 3.05) is 25.0 Å². The van der Waals surface area contributed by atoms with E-state index in [0.717, 1.165) is 23.8 Å². The number of carbonyl (C=O) groups is 4. The van der Waals surface area contributed by atoms with E-state index in [2.05, 4.69) is 16.0 Å². The number of anilines is 1. The average molecular weight is 419 g/mol. The van der Waals surface area contributed by atoms with Crippen molar-refractivity contribution in [3.05, 3.63) is 65.7 Å². The molecule has 158 valence electrons. The van der Waals surface area contributed by atoms with Crippen molar-refractivity contribution >= 4 is 29.4 Å². The highest BCUT2D eigenvalue weighted by atomic mass is 19.2. The maximum absolute atomic E-state index is 13.1. The molecule has 2 aromatic carbocycles. The molecule has 0 fully saturated rings. The number of carbonyl (C=O) groups excluding carboxylic acids is 4. The summed E-state index contributed by atoms with van der Waals surface area (Å²) in [5, 5.41) is 6.84. The molecule has 3 N–H and O–H groups in total. The molecule has 0 spiro atoms. The van der Waals surface area contributed by atoms with Gasteiger partial charge in [-0.1, -0.05) is 30.3 Å². The molecule has 30 heavy (non-hydrogen) atoms. The van der Waals surface area contributed by atoms with E-state index in [4.69, 9.17) is 4.74 Å². The quantitative estimate of drug-likeness (QED) is 0.523. The predicted octanol–water partition coefficient (Wildman–Crippen LogP) is 0.922. The summed E-state index contributed by atoms with van der Waals surface area (Å²) in [7, 11) is 0. The maximum atomic E-state index is 13.1. The van der Waals surface area contributed by atoms with Gasteiger partial charge in [-0.3, -0.25) is 19.2 Å². The summed E-state index contributed by atoms with van der Waals surface area (Å²) in [6.07, 6.45) is 0.0989. The molecule has 0 aliphatic heterocycles. The van der Waals surface area contributed by atoms with Gasteiger partial charge in [0, 0.05) is 11.8 Å². The van der Waals surface area contributed by atoms with Crippen LogP contribution >= 0.6 is 0 Å². The largest absolute Gasteiger partial charge is 0.454 e. The van der Waals surface area contributed by atoms with Gasteiger partial charge in [-0.05, 0) is 17.7 Å². The van der Waals surface area contributed by atoms with E-state index in [-0.39, 0.29) is 18.0 Å². The molecule has 0 aliphatic rings. The van der Waals surface area contributed by atoms with Crippen LogP contribution in [0.4, 0.5) is 14.5 Å². The lowest BCUT2D eigenvalue weighted by Gasteiger charge is -2.08. The molecule has 2 aromatic rings. The lowest BCUT2D eigenvalue weighted by Crippen LogP contribution is -2.37. The molecule has 0 saturated carbocycles. The number of halogens is 2. The molecule has 0 radical (unpaired) electrons. The summed E-state index contributed by atoms with van der Waals surface area (Å²) in [5.41, 5.74) is 0.801. The van der Waals surface area contributed by atoms with E-state index in [0.29, 0.717) is 0 Å². The third kappa shape index (κ3) is 8.05. The first-order chi connectivity index (χ1) is 14.3. The maximum Gasteiger partial charge on any atom is 0.325 e. The highest BCUT2D eigenvalue weighted by Crippen LogP contribution is 2.12. The molecular formula is C20H19F2N3O5. The topological polar surface area (TPSA) is 114 Å². The molecule has 2 rings (SSSR count). The fourth-order valence-electron chi connectivity index (χ4n) is 2.22. The van der Waals surface area contributed by atoms with E-state index < -0.39 is 49.1 Å². The van der Waals surface area contributed by atoms with Gasteiger partial charge >= 0.3 is 5.97 Å². The number of benzene rings is 2. The normalized spacial score (nSPS) is 10.1. The molecule has 3 amide bonds. The molecule has 0 bridgehead atoms. The lowest BCUT2D eigenvalue weighted by molar-refractivity contribution is -0.148. The Kier molecular flexibility index (Phi) is 8.42. The highest BCUT2D eigenvalue weighted by molar-refractivity contribution is 5.94.